The highest BCUT2D eigenvalue weighted by molar-refractivity contribution is 9.10. The SMILES string of the molecule is C#CCN(CC)Cc1ccc(CNCC(C)C)cc1Br. The molecular formula is C17H25BrN2. The molecule has 0 aliphatic carbocycles. The van der Waals surface area contributed by atoms with E-state index in [4.69, 9.17) is 6.42 Å². The molecule has 0 amide bonds. The summed E-state index contributed by atoms with van der Waals surface area (Å²) in [5, 5.41) is 3.46. The van der Waals surface area contributed by atoms with Crippen LogP contribution in [0.25, 0.3) is 0 Å². The highest BCUT2D eigenvalue weighted by atomic mass is 79.9. The van der Waals surface area contributed by atoms with E-state index >= 15 is 0 Å². The van der Waals surface area contributed by atoms with Crippen LogP contribution in [0.2, 0.25) is 0 Å². The van der Waals surface area contributed by atoms with Crippen molar-refractivity contribution in [3.05, 3.63) is 33.8 Å². The molecule has 0 saturated heterocycles. The Morgan fingerprint density at radius 2 is 2.15 bits per heavy atom. The lowest BCUT2D eigenvalue weighted by Gasteiger charge is -2.18. The molecule has 3 heteroatoms. The Hall–Kier alpha value is -0.820. The molecule has 0 fully saturated rings. The maximum Gasteiger partial charge on any atom is 0.0601 e. The van der Waals surface area contributed by atoms with Gasteiger partial charge in [-0.3, -0.25) is 4.90 Å². The second-order valence-electron chi connectivity index (χ2n) is 5.46. The van der Waals surface area contributed by atoms with E-state index in [1.807, 2.05) is 0 Å². The Balaban J connectivity index is 2.61. The van der Waals surface area contributed by atoms with Crippen molar-refractivity contribution in [2.45, 2.75) is 33.9 Å². The molecular weight excluding hydrogens is 312 g/mol. The average molecular weight is 337 g/mol. The van der Waals surface area contributed by atoms with E-state index < -0.39 is 0 Å². The van der Waals surface area contributed by atoms with E-state index in [-0.39, 0.29) is 0 Å². The van der Waals surface area contributed by atoms with E-state index in [2.05, 4.69) is 71.0 Å². The third kappa shape index (κ3) is 6.09. The van der Waals surface area contributed by atoms with Crippen LogP contribution in [0, 0.1) is 18.3 Å². The number of halogens is 1. The normalized spacial score (nSPS) is 11.1. The summed E-state index contributed by atoms with van der Waals surface area (Å²) in [5.41, 5.74) is 2.59. The molecule has 0 bridgehead atoms. The van der Waals surface area contributed by atoms with Gasteiger partial charge in [-0.25, -0.2) is 0 Å². The molecule has 1 rings (SSSR count). The highest BCUT2D eigenvalue weighted by Gasteiger charge is 2.06. The summed E-state index contributed by atoms with van der Waals surface area (Å²) in [6, 6.07) is 6.58. The first kappa shape index (κ1) is 17.2. The molecule has 0 aromatic heterocycles. The van der Waals surface area contributed by atoms with Gasteiger partial charge in [0.2, 0.25) is 0 Å². The van der Waals surface area contributed by atoms with Crippen molar-refractivity contribution in [2.75, 3.05) is 19.6 Å². The molecule has 1 aromatic carbocycles. The van der Waals surface area contributed by atoms with E-state index in [0.717, 1.165) is 30.7 Å². The number of nitrogens with zero attached hydrogens (tertiary/aromatic N) is 1. The lowest BCUT2D eigenvalue weighted by molar-refractivity contribution is 0.315. The lowest BCUT2D eigenvalue weighted by Crippen LogP contribution is -2.23. The van der Waals surface area contributed by atoms with Crippen LogP contribution in [0.1, 0.15) is 31.9 Å². The van der Waals surface area contributed by atoms with Gasteiger partial charge in [0.25, 0.3) is 0 Å². The van der Waals surface area contributed by atoms with Gasteiger partial charge in [-0.1, -0.05) is 54.8 Å². The second-order valence-corrected chi connectivity index (χ2v) is 6.31. The van der Waals surface area contributed by atoms with Crippen molar-refractivity contribution in [1.82, 2.24) is 10.2 Å². The molecule has 2 nitrogen and oxygen atoms in total. The van der Waals surface area contributed by atoms with E-state index in [1.54, 1.807) is 0 Å². The van der Waals surface area contributed by atoms with Crippen LogP contribution in [-0.4, -0.2) is 24.5 Å². The first-order valence-electron chi connectivity index (χ1n) is 7.20. The zero-order chi connectivity index (χ0) is 15.0. The van der Waals surface area contributed by atoms with Gasteiger partial charge in [-0.15, -0.1) is 6.42 Å². The summed E-state index contributed by atoms with van der Waals surface area (Å²) in [6.07, 6.45) is 5.39. The van der Waals surface area contributed by atoms with Gasteiger partial charge in [0, 0.05) is 17.6 Å². The molecule has 0 aliphatic heterocycles. The Labute approximate surface area is 132 Å². The monoisotopic (exact) mass is 336 g/mol. The standard InChI is InChI=1S/C17H25BrN2/c1-5-9-20(6-2)13-16-8-7-15(10-17(16)18)12-19-11-14(3)4/h1,7-8,10,14,19H,6,9,11-13H2,2-4H3. The largest absolute Gasteiger partial charge is 0.312 e. The van der Waals surface area contributed by atoms with Crippen molar-refractivity contribution in [3.63, 3.8) is 0 Å². The second kappa shape index (κ2) is 9.18. The number of rotatable bonds is 8. The predicted molar refractivity (Wildman–Crippen MR) is 90.5 cm³/mol. The van der Waals surface area contributed by atoms with Crippen molar-refractivity contribution in [2.24, 2.45) is 5.92 Å². The maximum atomic E-state index is 5.39. The van der Waals surface area contributed by atoms with Gasteiger partial charge < -0.3 is 5.32 Å². The first-order chi connectivity index (χ1) is 9.56. The maximum absolute atomic E-state index is 5.39. The first-order valence-corrected chi connectivity index (χ1v) is 8.00. The molecule has 1 aromatic rings. The zero-order valence-electron chi connectivity index (χ0n) is 12.7. The summed E-state index contributed by atoms with van der Waals surface area (Å²) in [6.45, 7) is 11.1. The van der Waals surface area contributed by atoms with E-state index in [0.29, 0.717) is 12.5 Å². The smallest absolute Gasteiger partial charge is 0.0601 e. The highest BCUT2D eigenvalue weighted by Crippen LogP contribution is 2.20. The quantitative estimate of drug-likeness (QED) is 0.729. The minimum atomic E-state index is 0.680. The summed E-state index contributed by atoms with van der Waals surface area (Å²) < 4.78 is 1.16. The van der Waals surface area contributed by atoms with Gasteiger partial charge in [0.15, 0.2) is 0 Å². The molecule has 0 saturated carbocycles. The minimum absolute atomic E-state index is 0.680. The van der Waals surface area contributed by atoms with Crippen molar-refractivity contribution < 1.29 is 0 Å². The third-order valence-corrected chi connectivity index (χ3v) is 3.89. The average Bonchev–Trinajstić information content (AvgIpc) is 2.40. The molecule has 0 aliphatic rings. The fourth-order valence-electron chi connectivity index (χ4n) is 1.98. The molecule has 0 unspecified atom stereocenters. The third-order valence-electron chi connectivity index (χ3n) is 3.16. The number of hydrogen-bond donors (Lipinski definition) is 1. The number of hydrogen-bond acceptors (Lipinski definition) is 2. The Morgan fingerprint density at radius 1 is 1.40 bits per heavy atom. The number of terminal acetylenes is 1. The van der Waals surface area contributed by atoms with Crippen LogP contribution < -0.4 is 5.32 Å². The van der Waals surface area contributed by atoms with Crippen molar-refractivity contribution >= 4 is 15.9 Å². The molecule has 110 valence electrons. The fourth-order valence-corrected chi connectivity index (χ4v) is 2.54. The van der Waals surface area contributed by atoms with Crippen LogP contribution in [0.5, 0.6) is 0 Å². The molecule has 0 radical (unpaired) electrons. The fraction of sp³-hybridized carbons (Fsp3) is 0.529. The van der Waals surface area contributed by atoms with Crippen LogP contribution in [0.4, 0.5) is 0 Å². The van der Waals surface area contributed by atoms with Crippen LogP contribution in [-0.2, 0) is 13.1 Å². The summed E-state index contributed by atoms with van der Waals surface area (Å²) in [4.78, 5) is 2.25. The Morgan fingerprint density at radius 3 is 2.70 bits per heavy atom. The number of nitrogens with one attached hydrogen (secondary N) is 1. The van der Waals surface area contributed by atoms with Crippen LogP contribution >= 0.6 is 15.9 Å². The van der Waals surface area contributed by atoms with E-state index in [1.165, 1.54) is 11.1 Å². The molecule has 20 heavy (non-hydrogen) atoms. The Bertz CT molecular complexity index is 449. The molecule has 0 spiro atoms. The zero-order valence-corrected chi connectivity index (χ0v) is 14.3. The molecule has 0 atom stereocenters. The van der Waals surface area contributed by atoms with Crippen LogP contribution in [0.3, 0.4) is 0 Å². The van der Waals surface area contributed by atoms with Gasteiger partial charge >= 0.3 is 0 Å². The molecule has 1 N–H and O–H groups in total. The van der Waals surface area contributed by atoms with Crippen molar-refractivity contribution in [1.29, 1.82) is 0 Å². The summed E-state index contributed by atoms with van der Waals surface area (Å²) >= 11 is 3.67. The summed E-state index contributed by atoms with van der Waals surface area (Å²) in [7, 11) is 0. The van der Waals surface area contributed by atoms with Gasteiger partial charge in [-0.2, -0.15) is 0 Å². The van der Waals surface area contributed by atoms with Crippen LogP contribution in [0.15, 0.2) is 22.7 Å². The number of benzene rings is 1. The van der Waals surface area contributed by atoms with Gasteiger partial charge in [-0.05, 0) is 36.2 Å². The lowest BCUT2D eigenvalue weighted by atomic mass is 10.1. The Kier molecular flexibility index (Phi) is 7.91. The van der Waals surface area contributed by atoms with Gasteiger partial charge in [0.05, 0.1) is 6.54 Å². The van der Waals surface area contributed by atoms with E-state index in [9.17, 15) is 0 Å². The minimum Gasteiger partial charge on any atom is -0.312 e. The topological polar surface area (TPSA) is 15.3 Å². The molecule has 0 heterocycles. The summed E-state index contributed by atoms with van der Waals surface area (Å²) in [5.74, 6) is 3.39. The van der Waals surface area contributed by atoms with Gasteiger partial charge in [0.1, 0.15) is 0 Å². The predicted octanol–water partition coefficient (Wildman–Crippen LogP) is 3.65. The van der Waals surface area contributed by atoms with Crippen molar-refractivity contribution in [3.8, 4) is 12.3 Å².